The number of halogens is 3. The predicted octanol–water partition coefficient (Wildman–Crippen LogP) is 4.13. The van der Waals surface area contributed by atoms with Crippen LogP contribution in [0.5, 0.6) is 0 Å². The van der Waals surface area contributed by atoms with Crippen molar-refractivity contribution in [3.05, 3.63) is 29.5 Å². The molecule has 0 N–H and O–H groups in total. The van der Waals surface area contributed by atoms with Crippen LogP contribution in [0.25, 0.3) is 0 Å². The molecule has 3 rings (SSSR count). The molecule has 0 bridgehead atoms. The first-order chi connectivity index (χ1) is 9.45. The Morgan fingerprint density at radius 2 is 1.95 bits per heavy atom. The van der Waals surface area contributed by atoms with Gasteiger partial charge in [-0.2, -0.15) is 0 Å². The summed E-state index contributed by atoms with van der Waals surface area (Å²) in [5.74, 6) is -2.58. The van der Waals surface area contributed by atoms with Crippen LogP contribution in [-0.4, -0.2) is 30.5 Å². The first-order valence-electron chi connectivity index (χ1n) is 7.46. The molecule has 1 atom stereocenters. The van der Waals surface area contributed by atoms with Crippen LogP contribution < -0.4 is 0 Å². The van der Waals surface area contributed by atoms with Crippen LogP contribution in [0, 0.1) is 18.3 Å². The van der Waals surface area contributed by atoms with Gasteiger partial charge in [-0.25, -0.2) is 13.2 Å². The smallest absolute Gasteiger partial charge is 0.252 e. The van der Waals surface area contributed by atoms with Crippen molar-refractivity contribution in [3.63, 3.8) is 0 Å². The van der Waals surface area contributed by atoms with Crippen LogP contribution in [0.4, 0.5) is 13.2 Å². The molecular formula is C16H21F3N. The first kappa shape index (κ1) is 14.2. The average Bonchev–Trinajstić information content (AvgIpc) is 3.00. The highest BCUT2D eigenvalue weighted by Crippen LogP contribution is 2.49. The summed E-state index contributed by atoms with van der Waals surface area (Å²) in [6.45, 7) is 4.29. The van der Waals surface area contributed by atoms with Gasteiger partial charge in [0.05, 0.1) is 0 Å². The van der Waals surface area contributed by atoms with Gasteiger partial charge < -0.3 is 4.90 Å². The third-order valence-corrected chi connectivity index (χ3v) is 4.85. The second-order valence-corrected chi connectivity index (χ2v) is 6.41. The molecule has 1 saturated carbocycles. The van der Waals surface area contributed by atoms with Crippen molar-refractivity contribution in [1.29, 1.82) is 0 Å². The van der Waals surface area contributed by atoms with E-state index in [-0.39, 0.29) is 12.2 Å². The summed E-state index contributed by atoms with van der Waals surface area (Å²) < 4.78 is 39.2. The number of nitrogens with zero attached hydrogens (tertiary/aromatic N) is 1. The van der Waals surface area contributed by atoms with E-state index in [1.807, 2.05) is 0 Å². The molecule has 2 aliphatic carbocycles. The lowest BCUT2D eigenvalue weighted by Gasteiger charge is -2.34. The maximum absolute atomic E-state index is 13.4. The van der Waals surface area contributed by atoms with Gasteiger partial charge in [0.15, 0.2) is 0 Å². The van der Waals surface area contributed by atoms with Crippen molar-refractivity contribution in [2.24, 2.45) is 11.8 Å². The number of piperidine rings is 1. The van der Waals surface area contributed by atoms with E-state index in [0.717, 1.165) is 31.5 Å². The lowest BCUT2D eigenvalue weighted by Crippen LogP contribution is -2.36. The van der Waals surface area contributed by atoms with Crippen molar-refractivity contribution in [1.82, 2.24) is 4.90 Å². The van der Waals surface area contributed by atoms with Crippen molar-refractivity contribution in [2.45, 2.75) is 38.5 Å². The van der Waals surface area contributed by atoms with E-state index in [1.165, 1.54) is 5.57 Å². The summed E-state index contributed by atoms with van der Waals surface area (Å²) >= 11 is 0. The molecule has 1 unspecified atom stereocenters. The Hall–Kier alpha value is -0.770. The van der Waals surface area contributed by atoms with Crippen LogP contribution in [0.3, 0.4) is 0 Å². The van der Waals surface area contributed by atoms with Crippen LogP contribution in [0.2, 0.25) is 0 Å². The van der Waals surface area contributed by atoms with Crippen molar-refractivity contribution in [2.75, 3.05) is 19.6 Å². The van der Waals surface area contributed by atoms with Crippen molar-refractivity contribution in [3.8, 4) is 0 Å². The van der Waals surface area contributed by atoms with Crippen LogP contribution in [0.1, 0.15) is 32.6 Å². The molecule has 1 nitrogen and oxygen atoms in total. The second kappa shape index (κ2) is 5.21. The molecule has 0 aromatic carbocycles. The molecule has 0 aromatic rings. The molecule has 111 valence electrons. The third-order valence-electron chi connectivity index (χ3n) is 4.85. The quantitative estimate of drug-likeness (QED) is 0.753. The molecule has 0 amide bonds. The fraction of sp³-hybridized carbons (Fsp3) is 0.688. The average molecular weight is 284 g/mol. The summed E-state index contributed by atoms with van der Waals surface area (Å²) in [7, 11) is 0. The van der Waals surface area contributed by atoms with Gasteiger partial charge in [-0.1, -0.05) is 5.57 Å². The number of alkyl halides is 2. The summed E-state index contributed by atoms with van der Waals surface area (Å²) in [6.07, 6.45) is 5.94. The van der Waals surface area contributed by atoms with Crippen molar-refractivity contribution < 1.29 is 13.2 Å². The Kier molecular flexibility index (Phi) is 3.69. The fourth-order valence-electron chi connectivity index (χ4n) is 3.37. The zero-order chi connectivity index (χ0) is 14.3. The summed E-state index contributed by atoms with van der Waals surface area (Å²) in [5.41, 5.74) is 2.39. The topological polar surface area (TPSA) is 3.24 Å². The van der Waals surface area contributed by atoms with E-state index in [9.17, 15) is 13.2 Å². The Balaban J connectivity index is 1.54. The Morgan fingerprint density at radius 1 is 1.30 bits per heavy atom. The molecule has 3 aliphatic rings. The first-order valence-corrected chi connectivity index (χ1v) is 7.46. The van der Waals surface area contributed by atoms with Crippen LogP contribution >= 0.6 is 0 Å². The summed E-state index contributed by atoms with van der Waals surface area (Å²) in [4.78, 5) is 2.15. The van der Waals surface area contributed by atoms with Gasteiger partial charge in [-0.15, -0.1) is 0 Å². The highest BCUT2D eigenvalue weighted by Gasteiger charge is 2.57. The minimum atomic E-state index is -2.42. The molecule has 2 fully saturated rings. The second-order valence-electron chi connectivity index (χ2n) is 6.41. The molecule has 0 spiro atoms. The number of hydrogen-bond donors (Lipinski definition) is 0. The van der Waals surface area contributed by atoms with E-state index in [0.29, 0.717) is 18.9 Å². The van der Waals surface area contributed by atoms with Crippen molar-refractivity contribution >= 4 is 0 Å². The number of hydrogen-bond acceptors (Lipinski definition) is 1. The standard InChI is InChI=1S/C16H21F3N/c1-11-2-3-14(17)8-15(11)12-4-6-20(7-5-12)10-13-9-16(13,18)19/h3,8,12-13H,2,4-7,9-10H2,1H3. The monoisotopic (exact) mass is 284 g/mol. The zero-order valence-electron chi connectivity index (χ0n) is 11.8. The van der Waals surface area contributed by atoms with Gasteiger partial charge in [0.25, 0.3) is 5.92 Å². The molecule has 4 heteroatoms. The van der Waals surface area contributed by atoms with Crippen LogP contribution in [-0.2, 0) is 0 Å². The highest BCUT2D eigenvalue weighted by molar-refractivity contribution is 5.37. The van der Waals surface area contributed by atoms with Gasteiger partial charge in [0.1, 0.15) is 5.83 Å². The van der Waals surface area contributed by atoms with Crippen LogP contribution in [0.15, 0.2) is 23.0 Å². The van der Waals surface area contributed by atoms with E-state index in [4.69, 9.17) is 0 Å². The van der Waals surface area contributed by atoms with Gasteiger partial charge in [0.2, 0.25) is 0 Å². The number of likely N-dealkylation sites (tertiary alicyclic amines) is 1. The van der Waals surface area contributed by atoms with E-state index >= 15 is 0 Å². The number of rotatable bonds is 3. The van der Waals surface area contributed by atoms with E-state index in [2.05, 4.69) is 11.8 Å². The summed E-state index contributed by atoms with van der Waals surface area (Å²) in [5, 5.41) is 0. The Morgan fingerprint density at radius 3 is 2.55 bits per heavy atom. The molecule has 1 radical (unpaired) electrons. The van der Waals surface area contributed by atoms with Gasteiger partial charge in [-0.05, 0) is 56.8 Å². The molecule has 1 aliphatic heterocycles. The fourth-order valence-corrected chi connectivity index (χ4v) is 3.37. The minimum absolute atomic E-state index is 0.0565. The maximum Gasteiger partial charge on any atom is 0.252 e. The van der Waals surface area contributed by atoms with Gasteiger partial charge in [0, 0.05) is 25.3 Å². The van der Waals surface area contributed by atoms with Gasteiger partial charge in [-0.3, -0.25) is 0 Å². The molecule has 20 heavy (non-hydrogen) atoms. The lowest BCUT2D eigenvalue weighted by molar-refractivity contribution is 0.0820. The van der Waals surface area contributed by atoms with E-state index < -0.39 is 11.8 Å². The summed E-state index contributed by atoms with van der Waals surface area (Å²) in [6, 6.07) is 0. The predicted molar refractivity (Wildman–Crippen MR) is 73.0 cm³/mol. The molecular weight excluding hydrogens is 263 g/mol. The SMILES string of the molecule is CC1=C(C2CCN(CC3CC3(F)F)CC2)C=C(F)[CH]C1. The molecule has 0 aromatic heterocycles. The lowest BCUT2D eigenvalue weighted by atomic mass is 9.83. The normalized spacial score (nSPS) is 31.4. The largest absolute Gasteiger partial charge is 0.303 e. The molecule has 1 heterocycles. The third kappa shape index (κ3) is 2.95. The van der Waals surface area contributed by atoms with E-state index in [1.54, 1.807) is 12.5 Å². The highest BCUT2D eigenvalue weighted by atomic mass is 19.3. The molecule has 1 saturated heterocycles. The Bertz CT molecular complexity index is 445. The Labute approximate surface area is 118 Å². The number of allylic oxidation sites excluding steroid dienone is 4. The van der Waals surface area contributed by atoms with Gasteiger partial charge >= 0.3 is 0 Å². The zero-order valence-corrected chi connectivity index (χ0v) is 11.8. The maximum atomic E-state index is 13.4. The minimum Gasteiger partial charge on any atom is -0.303 e.